The summed E-state index contributed by atoms with van der Waals surface area (Å²) in [6.07, 6.45) is 2.98. The highest BCUT2D eigenvalue weighted by molar-refractivity contribution is 7.92. The van der Waals surface area contributed by atoms with E-state index >= 15 is 0 Å². The molecular formula is C21H22N4O3S. The largest absolute Gasteiger partial charge is 0.326 e. The van der Waals surface area contributed by atoms with Crippen LogP contribution < -0.4 is 10.0 Å². The highest BCUT2D eigenvalue weighted by atomic mass is 32.2. The summed E-state index contributed by atoms with van der Waals surface area (Å²) >= 11 is 0. The van der Waals surface area contributed by atoms with E-state index in [4.69, 9.17) is 0 Å². The summed E-state index contributed by atoms with van der Waals surface area (Å²) in [5.41, 5.74) is 4.41. The van der Waals surface area contributed by atoms with Crippen LogP contribution in [-0.2, 0) is 27.7 Å². The number of sulfonamides is 1. The molecule has 0 saturated carbocycles. The Kier molecular flexibility index (Phi) is 5.10. The van der Waals surface area contributed by atoms with Crippen molar-refractivity contribution >= 4 is 27.4 Å². The third kappa shape index (κ3) is 4.17. The van der Waals surface area contributed by atoms with Crippen LogP contribution in [0, 0.1) is 0 Å². The Morgan fingerprint density at radius 2 is 1.86 bits per heavy atom. The number of carbonyl (C=O) groups excluding carboxylic acids is 1. The van der Waals surface area contributed by atoms with Gasteiger partial charge in [0.25, 0.3) is 10.0 Å². The van der Waals surface area contributed by atoms with Gasteiger partial charge in [-0.1, -0.05) is 37.6 Å². The highest BCUT2D eigenvalue weighted by Gasteiger charge is 2.21. The van der Waals surface area contributed by atoms with Crippen molar-refractivity contribution in [2.24, 2.45) is 0 Å². The summed E-state index contributed by atoms with van der Waals surface area (Å²) in [7, 11) is -3.79. The van der Waals surface area contributed by atoms with Gasteiger partial charge in [-0.2, -0.15) is 5.10 Å². The van der Waals surface area contributed by atoms with Gasteiger partial charge in [0, 0.05) is 18.2 Å². The van der Waals surface area contributed by atoms with Crippen molar-refractivity contribution in [1.82, 2.24) is 10.2 Å². The average Bonchev–Trinajstić information content (AvgIpc) is 3.16. The van der Waals surface area contributed by atoms with E-state index in [1.54, 1.807) is 18.2 Å². The molecule has 29 heavy (non-hydrogen) atoms. The quantitative estimate of drug-likeness (QED) is 0.576. The van der Waals surface area contributed by atoms with Gasteiger partial charge in [-0.3, -0.25) is 14.6 Å². The number of carbonyl (C=O) groups is 1. The number of fused-ring (bicyclic) bond motifs is 1. The van der Waals surface area contributed by atoms with Crippen LogP contribution in [0.2, 0.25) is 0 Å². The first kappa shape index (κ1) is 19.2. The fraction of sp³-hybridized carbons (Fsp3) is 0.238. The summed E-state index contributed by atoms with van der Waals surface area (Å²) in [6, 6.07) is 14.5. The molecule has 0 fully saturated rings. The zero-order valence-corrected chi connectivity index (χ0v) is 16.8. The van der Waals surface area contributed by atoms with E-state index in [1.165, 1.54) is 11.6 Å². The lowest BCUT2D eigenvalue weighted by molar-refractivity contribution is -0.116. The smallest absolute Gasteiger partial charge is 0.263 e. The zero-order chi connectivity index (χ0) is 20.4. The van der Waals surface area contributed by atoms with Crippen LogP contribution in [-0.4, -0.2) is 24.5 Å². The lowest BCUT2D eigenvalue weighted by Gasteiger charge is -2.17. The van der Waals surface area contributed by atoms with Gasteiger partial charge < -0.3 is 5.32 Å². The van der Waals surface area contributed by atoms with Gasteiger partial charge in [-0.25, -0.2) is 8.42 Å². The van der Waals surface area contributed by atoms with Crippen molar-refractivity contribution in [1.29, 1.82) is 0 Å². The van der Waals surface area contributed by atoms with E-state index < -0.39 is 10.0 Å². The lowest BCUT2D eigenvalue weighted by Crippen LogP contribution is -2.20. The molecule has 2 aromatic carbocycles. The molecule has 0 saturated heterocycles. The summed E-state index contributed by atoms with van der Waals surface area (Å²) in [4.78, 5) is 11.6. The maximum Gasteiger partial charge on any atom is 0.263 e. The van der Waals surface area contributed by atoms with E-state index in [0.29, 0.717) is 18.5 Å². The molecule has 7 nitrogen and oxygen atoms in total. The van der Waals surface area contributed by atoms with Gasteiger partial charge in [0.1, 0.15) is 0 Å². The highest BCUT2D eigenvalue weighted by Crippen LogP contribution is 2.27. The predicted molar refractivity (Wildman–Crippen MR) is 112 cm³/mol. The van der Waals surface area contributed by atoms with Crippen molar-refractivity contribution in [2.75, 3.05) is 10.0 Å². The van der Waals surface area contributed by atoms with Crippen LogP contribution in [0.25, 0.3) is 11.3 Å². The molecule has 4 rings (SSSR count). The number of hydrogen-bond donors (Lipinski definition) is 3. The number of aromatic amines is 1. The van der Waals surface area contributed by atoms with Crippen molar-refractivity contribution < 1.29 is 13.2 Å². The first-order valence-electron chi connectivity index (χ1n) is 9.55. The summed E-state index contributed by atoms with van der Waals surface area (Å²) in [5, 5.41) is 9.72. The number of aromatic nitrogens is 2. The van der Waals surface area contributed by atoms with E-state index in [-0.39, 0.29) is 16.6 Å². The summed E-state index contributed by atoms with van der Waals surface area (Å²) in [5.74, 6) is 0.168. The predicted octanol–water partition coefficient (Wildman–Crippen LogP) is 3.71. The van der Waals surface area contributed by atoms with Crippen molar-refractivity contribution in [2.45, 2.75) is 37.5 Å². The van der Waals surface area contributed by atoms with Crippen LogP contribution in [0.3, 0.4) is 0 Å². The fourth-order valence-electron chi connectivity index (χ4n) is 3.39. The number of H-pyrrole nitrogens is 1. The molecule has 1 aromatic heterocycles. The second-order valence-electron chi connectivity index (χ2n) is 7.09. The van der Waals surface area contributed by atoms with Crippen molar-refractivity contribution in [3.05, 3.63) is 59.7 Å². The molecule has 0 unspecified atom stereocenters. The average molecular weight is 410 g/mol. The number of nitrogens with one attached hydrogen (secondary N) is 3. The van der Waals surface area contributed by atoms with Gasteiger partial charge in [0.15, 0.2) is 5.82 Å². The third-order valence-corrected chi connectivity index (χ3v) is 6.26. The summed E-state index contributed by atoms with van der Waals surface area (Å²) < 4.78 is 28.0. The SMILES string of the molecule is CCCc1ccc(-c2cc(NS(=O)(=O)c3ccc4c(c3)CCC(=O)N4)n[nH]2)cc1. The van der Waals surface area contributed by atoms with Crippen molar-refractivity contribution in [3.63, 3.8) is 0 Å². The number of nitrogens with zero attached hydrogens (tertiary/aromatic N) is 1. The molecule has 8 heteroatoms. The Bertz CT molecular complexity index is 1150. The van der Waals surface area contributed by atoms with Crippen LogP contribution in [0.5, 0.6) is 0 Å². The van der Waals surface area contributed by atoms with E-state index in [0.717, 1.165) is 29.7 Å². The molecule has 1 amide bonds. The number of anilines is 2. The number of aryl methyl sites for hydroxylation is 2. The number of hydrogen-bond acceptors (Lipinski definition) is 4. The lowest BCUT2D eigenvalue weighted by atomic mass is 10.0. The Morgan fingerprint density at radius 3 is 2.62 bits per heavy atom. The second-order valence-corrected chi connectivity index (χ2v) is 8.77. The Labute approximate surface area is 169 Å². The maximum absolute atomic E-state index is 12.8. The minimum atomic E-state index is -3.79. The molecule has 1 aliphatic heterocycles. The molecule has 3 N–H and O–H groups in total. The summed E-state index contributed by atoms with van der Waals surface area (Å²) in [6.45, 7) is 2.14. The van der Waals surface area contributed by atoms with Crippen LogP contribution in [0.1, 0.15) is 30.9 Å². The zero-order valence-electron chi connectivity index (χ0n) is 16.0. The number of benzene rings is 2. The van der Waals surface area contributed by atoms with Crippen molar-refractivity contribution in [3.8, 4) is 11.3 Å². The Hall–Kier alpha value is -3.13. The van der Waals surface area contributed by atoms with Gasteiger partial charge in [0.2, 0.25) is 5.91 Å². The molecule has 0 bridgehead atoms. The molecular weight excluding hydrogens is 388 g/mol. The first-order chi connectivity index (χ1) is 13.9. The van der Waals surface area contributed by atoms with E-state index in [2.05, 4.69) is 39.3 Å². The van der Waals surface area contributed by atoms with Gasteiger partial charge in [-0.05, 0) is 47.7 Å². The van der Waals surface area contributed by atoms with E-state index in [1.807, 2.05) is 12.1 Å². The molecule has 1 aliphatic rings. The fourth-order valence-corrected chi connectivity index (χ4v) is 4.43. The maximum atomic E-state index is 12.8. The minimum Gasteiger partial charge on any atom is -0.326 e. The molecule has 3 aromatic rings. The Balaban J connectivity index is 1.52. The van der Waals surface area contributed by atoms with Gasteiger partial charge in [0.05, 0.1) is 10.6 Å². The monoisotopic (exact) mass is 410 g/mol. The van der Waals surface area contributed by atoms with Gasteiger partial charge in [-0.15, -0.1) is 0 Å². The van der Waals surface area contributed by atoms with Crippen LogP contribution >= 0.6 is 0 Å². The number of amides is 1. The standard InChI is InChI=1S/C21H22N4O3S/c1-2-3-14-4-6-15(7-5-14)19-13-20(24-23-19)25-29(27,28)17-9-10-18-16(12-17)8-11-21(26)22-18/h4-7,9-10,12-13H,2-3,8,11H2,1H3,(H,22,26)(H2,23,24,25). The molecule has 0 aliphatic carbocycles. The van der Waals surface area contributed by atoms with Crippen LogP contribution in [0.15, 0.2) is 53.4 Å². The Morgan fingerprint density at radius 1 is 1.07 bits per heavy atom. The minimum absolute atomic E-state index is 0.0574. The second kappa shape index (κ2) is 7.71. The topological polar surface area (TPSA) is 104 Å². The van der Waals surface area contributed by atoms with E-state index in [9.17, 15) is 13.2 Å². The molecule has 150 valence electrons. The normalized spacial score (nSPS) is 13.6. The first-order valence-corrected chi connectivity index (χ1v) is 11.0. The molecule has 0 spiro atoms. The van der Waals surface area contributed by atoms with Crippen LogP contribution in [0.4, 0.5) is 11.5 Å². The molecule has 2 heterocycles. The third-order valence-electron chi connectivity index (χ3n) is 4.90. The number of rotatable bonds is 6. The molecule has 0 radical (unpaired) electrons. The van der Waals surface area contributed by atoms with Gasteiger partial charge >= 0.3 is 0 Å². The molecule has 0 atom stereocenters.